The predicted molar refractivity (Wildman–Crippen MR) is 68.3 cm³/mol. The first-order chi connectivity index (χ1) is 7.06. The van der Waals surface area contributed by atoms with Crippen molar-refractivity contribution in [2.45, 2.75) is 34.1 Å². The Morgan fingerprint density at radius 2 is 1.67 bits per heavy atom. The van der Waals surface area contributed by atoms with E-state index in [4.69, 9.17) is 0 Å². The third-order valence-electron chi connectivity index (χ3n) is 1.68. The van der Waals surface area contributed by atoms with Gasteiger partial charge in [0.15, 0.2) is 0 Å². The van der Waals surface area contributed by atoms with E-state index in [0.29, 0.717) is 5.41 Å². The molecular weight excluding hydrogens is 184 g/mol. The van der Waals surface area contributed by atoms with Crippen molar-refractivity contribution in [2.75, 3.05) is 6.54 Å². The lowest BCUT2D eigenvalue weighted by molar-refractivity contribution is 0.420. The third kappa shape index (κ3) is 12.8. The molecule has 0 aliphatic rings. The smallest absolute Gasteiger partial charge is 0.0342 e. The van der Waals surface area contributed by atoms with Gasteiger partial charge in [-0.1, -0.05) is 32.9 Å². The van der Waals surface area contributed by atoms with Gasteiger partial charge in [0, 0.05) is 6.54 Å². The first kappa shape index (κ1) is 13.8. The van der Waals surface area contributed by atoms with Gasteiger partial charge in [-0.3, -0.25) is 0 Å². The van der Waals surface area contributed by atoms with Crippen molar-refractivity contribution in [3.8, 4) is 0 Å². The van der Waals surface area contributed by atoms with E-state index < -0.39 is 0 Å². The van der Waals surface area contributed by atoms with Crippen molar-refractivity contribution in [1.82, 2.24) is 10.6 Å². The molecule has 0 atom stereocenters. The minimum atomic E-state index is 0.370. The summed E-state index contributed by atoms with van der Waals surface area (Å²) in [5.41, 5.74) is 0.370. The van der Waals surface area contributed by atoms with Crippen LogP contribution in [0, 0.1) is 5.41 Å². The van der Waals surface area contributed by atoms with Crippen molar-refractivity contribution in [2.24, 2.45) is 5.41 Å². The lowest BCUT2D eigenvalue weighted by Crippen LogP contribution is -2.05. The number of rotatable bonds is 6. The van der Waals surface area contributed by atoms with Crippen LogP contribution < -0.4 is 10.6 Å². The number of hydrogen-bond acceptors (Lipinski definition) is 2. The second kappa shape index (κ2) is 8.16. The highest BCUT2D eigenvalue weighted by atomic mass is 14.8. The van der Waals surface area contributed by atoms with E-state index in [1.807, 2.05) is 37.7 Å². The van der Waals surface area contributed by atoms with Crippen molar-refractivity contribution < 1.29 is 0 Å². The van der Waals surface area contributed by atoms with E-state index in [9.17, 15) is 0 Å². The van der Waals surface area contributed by atoms with Crippen LogP contribution in [0.4, 0.5) is 0 Å². The monoisotopic (exact) mass is 208 g/mol. The lowest BCUT2D eigenvalue weighted by Gasteiger charge is -2.14. The zero-order valence-corrected chi connectivity index (χ0v) is 10.4. The Hall–Kier alpha value is -1.18. The Morgan fingerprint density at radius 1 is 1.00 bits per heavy atom. The predicted octanol–water partition coefficient (Wildman–Crippen LogP) is 3.16. The molecule has 0 bridgehead atoms. The molecule has 0 heterocycles. The maximum atomic E-state index is 3.12. The minimum absolute atomic E-state index is 0.370. The van der Waals surface area contributed by atoms with Gasteiger partial charge in [-0.15, -0.1) is 0 Å². The summed E-state index contributed by atoms with van der Waals surface area (Å²) in [7, 11) is 0. The van der Waals surface area contributed by atoms with E-state index in [1.54, 1.807) is 0 Å². The summed E-state index contributed by atoms with van der Waals surface area (Å²) in [5.74, 6) is 0. The summed E-state index contributed by atoms with van der Waals surface area (Å²) in [6.07, 6.45) is 13.1. The Bertz CT molecular complexity index is 219. The Kier molecular flexibility index (Phi) is 7.51. The molecule has 0 saturated carbocycles. The molecule has 0 unspecified atom stereocenters. The van der Waals surface area contributed by atoms with Crippen molar-refractivity contribution in [1.29, 1.82) is 0 Å². The molecule has 0 aromatic rings. The van der Waals surface area contributed by atoms with Gasteiger partial charge in [0.05, 0.1) is 0 Å². The summed E-state index contributed by atoms with van der Waals surface area (Å²) < 4.78 is 0. The van der Waals surface area contributed by atoms with Crippen LogP contribution in [-0.4, -0.2) is 6.54 Å². The summed E-state index contributed by atoms with van der Waals surface area (Å²) in [5, 5.41) is 6.23. The molecule has 0 rings (SSSR count). The molecule has 0 aromatic carbocycles. The standard InChI is InChI=1S/C13H24N2/c1-5-9-14-11-7-12-15-10-6-8-13(2,3)4/h5-7,9-10,12,14-15H,8,11H2,1-4H3/b9-5+,10-6+,12-7+. The quantitative estimate of drug-likeness (QED) is 0.655. The topological polar surface area (TPSA) is 24.1 Å². The van der Waals surface area contributed by atoms with E-state index in [1.165, 1.54) is 0 Å². The number of nitrogens with one attached hydrogen (secondary N) is 2. The van der Waals surface area contributed by atoms with E-state index in [2.05, 4.69) is 37.5 Å². The molecule has 0 fully saturated rings. The molecule has 2 heteroatoms. The van der Waals surface area contributed by atoms with Crippen LogP contribution in [0.15, 0.2) is 36.8 Å². The van der Waals surface area contributed by atoms with Gasteiger partial charge < -0.3 is 10.6 Å². The second-order valence-electron chi connectivity index (χ2n) is 4.64. The minimum Gasteiger partial charge on any atom is -0.388 e. The zero-order chi connectivity index (χ0) is 11.6. The number of hydrogen-bond donors (Lipinski definition) is 2. The lowest BCUT2D eigenvalue weighted by atomic mass is 9.92. The summed E-state index contributed by atoms with van der Waals surface area (Å²) in [6.45, 7) is 9.53. The van der Waals surface area contributed by atoms with Crippen LogP contribution in [0.3, 0.4) is 0 Å². The Morgan fingerprint density at radius 3 is 2.27 bits per heavy atom. The van der Waals surface area contributed by atoms with Gasteiger partial charge in [0.2, 0.25) is 0 Å². The van der Waals surface area contributed by atoms with Gasteiger partial charge >= 0.3 is 0 Å². The molecule has 15 heavy (non-hydrogen) atoms. The largest absolute Gasteiger partial charge is 0.388 e. The van der Waals surface area contributed by atoms with E-state index in [0.717, 1.165) is 13.0 Å². The second-order valence-corrected chi connectivity index (χ2v) is 4.64. The average molecular weight is 208 g/mol. The van der Waals surface area contributed by atoms with E-state index >= 15 is 0 Å². The maximum absolute atomic E-state index is 3.12. The van der Waals surface area contributed by atoms with Gasteiger partial charge in [-0.25, -0.2) is 0 Å². The van der Waals surface area contributed by atoms with E-state index in [-0.39, 0.29) is 0 Å². The molecule has 2 N–H and O–H groups in total. The van der Waals surface area contributed by atoms with Crippen LogP contribution in [-0.2, 0) is 0 Å². The van der Waals surface area contributed by atoms with Crippen molar-refractivity contribution in [3.63, 3.8) is 0 Å². The molecule has 0 amide bonds. The van der Waals surface area contributed by atoms with Crippen LogP contribution in [0.1, 0.15) is 34.1 Å². The van der Waals surface area contributed by atoms with Crippen LogP contribution >= 0.6 is 0 Å². The van der Waals surface area contributed by atoms with Gasteiger partial charge in [-0.2, -0.15) is 0 Å². The highest BCUT2D eigenvalue weighted by molar-refractivity contribution is 4.92. The summed E-state index contributed by atoms with van der Waals surface area (Å²) >= 11 is 0. The van der Waals surface area contributed by atoms with Crippen molar-refractivity contribution in [3.05, 3.63) is 36.8 Å². The highest BCUT2D eigenvalue weighted by Gasteiger charge is 2.05. The van der Waals surface area contributed by atoms with Crippen LogP contribution in [0.25, 0.3) is 0 Å². The molecule has 0 aromatic heterocycles. The molecule has 2 nitrogen and oxygen atoms in total. The van der Waals surface area contributed by atoms with Gasteiger partial charge in [0.25, 0.3) is 0 Å². The zero-order valence-electron chi connectivity index (χ0n) is 10.4. The average Bonchev–Trinajstić information content (AvgIpc) is 2.14. The molecular formula is C13H24N2. The van der Waals surface area contributed by atoms with Crippen LogP contribution in [0.5, 0.6) is 0 Å². The maximum Gasteiger partial charge on any atom is 0.0342 e. The first-order valence-electron chi connectivity index (χ1n) is 5.47. The van der Waals surface area contributed by atoms with Crippen molar-refractivity contribution >= 4 is 0 Å². The highest BCUT2D eigenvalue weighted by Crippen LogP contribution is 2.18. The SMILES string of the molecule is C/C=C/NC/C=C/N/C=C/CC(C)(C)C. The molecule has 86 valence electrons. The Labute approximate surface area is 94.1 Å². The normalized spacial score (nSPS) is 13.1. The fourth-order valence-electron chi connectivity index (χ4n) is 0.917. The summed E-state index contributed by atoms with van der Waals surface area (Å²) in [4.78, 5) is 0. The molecule has 0 aliphatic heterocycles. The third-order valence-corrected chi connectivity index (χ3v) is 1.68. The Balaban J connectivity index is 3.44. The molecule has 0 radical (unpaired) electrons. The first-order valence-corrected chi connectivity index (χ1v) is 5.47. The summed E-state index contributed by atoms with van der Waals surface area (Å²) in [6, 6.07) is 0. The number of allylic oxidation sites excluding steroid dienone is 2. The van der Waals surface area contributed by atoms with Crippen LogP contribution in [0.2, 0.25) is 0 Å². The fraction of sp³-hybridized carbons (Fsp3) is 0.538. The fourth-order valence-corrected chi connectivity index (χ4v) is 0.917. The molecule has 0 saturated heterocycles. The molecule has 0 aliphatic carbocycles. The van der Waals surface area contributed by atoms with Gasteiger partial charge in [-0.05, 0) is 43.4 Å². The van der Waals surface area contributed by atoms with Gasteiger partial charge in [0.1, 0.15) is 0 Å². The molecule has 0 spiro atoms.